The van der Waals surface area contributed by atoms with E-state index in [1.54, 1.807) is 13.0 Å². The van der Waals surface area contributed by atoms with Gasteiger partial charge in [-0.3, -0.25) is 0 Å². The van der Waals surface area contributed by atoms with E-state index in [4.69, 9.17) is 21.1 Å². The first-order chi connectivity index (χ1) is 13.2. The number of rotatable bonds is 5. The number of H-pyrrole nitrogens is 1. The van der Waals surface area contributed by atoms with Gasteiger partial charge < -0.3 is 14.5 Å². The number of nitrogens with zero attached hydrogens (tertiary/aromatic N) is 1. The molecule has 4 rings (SSSR count). The van der Waals surface area contributed by atoms with Gasteiger partial charge in [-0.05, 0) is 43.9 Å². The van der Waals surface area contributed by atoms with Gasteiger partial charge in [-0.15, -0.1) is 0 Å². The Balaban J connectivity index is 1.68. The van der Waals surface area contributed by atoms with Gasteiger partial charge in [-0.1, -0.05) is 17.7 Å². The van der Waals surface area contributed by atoms with E-state index >= 15 is 0 Å². The average molecular weight is 429 g/mol. The number of halogens is 2. The Hall–Kier alpha value is -1.48. The molecule has 1 aromatic carbocycles. The van der Waals surface area contributed by atoms with Crippen molar-refractivity contribution in [3.63, 3.8) is 0 Å². The molecule has 1 aliphatic heterocycles. The summed E-state index contributed by atoms with van der Waals surface area (Å²) in [5.74, 6) is -0.158. The number of aromatic nitrogens is 2. The Kier molecular flexibility index (Phi) is 5.02. The Morgan fingerprint density at radius 1 is 1.43 bits per heavy atom. The summed E-state index contributed by atoms with van der Waals surface area (Å²) in [4.78, 5) is 7.32. The minimum atomic E-state index is -3.48. The van der Waals surface area contributed by atoms with E-state index in [2.05, 4.69) is 9.97 Å². The number of hydrogen-bond donors (Lipinski definition) is 1. The predicted octanol–water partition coefficient (Wildman–Crippen LogP) is 3.59. The van der Waals surface area contributed by atoms with E-state index in [1.165, 1.54) is 12.1 Å². The van der Waals surface area contributed by atoms with E-state index in [0.717, 1.165) is 38.7 Å². The molecule has 6 nitrogen and oxygen atoms in total. The summed E-state index contributed by atoms with van der Waals surface area (Å²) in [6.45, 7) is 3.15. The highest BCUT2D eigenvalue weighted by atomic mass is 35.5. The van der Waals surface area contributed by atoms with E-state index in [9.17, 15) is 12.8 Å². The summed E-state index contributed by atoms with van der Waals surface area (Å²) in [5.41, 5.74) is 1.24. The van der Waals surface area contributed by atoms with Crippen LogP contribution in [-0.4, -0.2) is 44.0 Å². The molecule has 2 heterocycles. The summed E-state index contributed by atoms with van der Waals surface area (Å²) < 4.78 is 49.4. The minimum absolute atomic E-state index is 0.0143. The molecule has 2 fully saturated rings. The number of aryl methyl sites for hydroxylation is 1. The van der Waals surface area contributed by atoms with Crippen molar-refractivity contribution >= 4 is 21.4 Å². The highest BCUT2D eigenvalue weighted by Gasteiger charge is 2.46. The molecule has 0 amide bonds. The molecule has 2 aromatic rings. The molecule has 1 saturated carbocycles. The lowest BCUT2D eigenvalue weighted by Crippen LogP contribution is -2.40. The Labute approximate surface area is 168 Å². The number of nitrogens with one attached hydrogen (secondary N) is 1. The molecule has 2 atom stereocenters. The minimum Gasteiger partial charge on any atom is -0.380 e. The Morgan fingerprint density at radius 3 is 2.71 bits per heavy atom. The monoisotopic (exact) mass is 428 g/mol. The highest BCUT2D eigenvalue weighted by Crippen LogP contribution is 2.46. The van der Waals surface area contributed by atoms with Crippen molar-refractivity contribution in [3.8, 4) is 0 Å². The molecule has 1 aromatic heterocycles. The first-order valence-corrected chi connectivity index (χ1v) is 11.4. The van der Waals surface area contributed by atoms with Crippen LogP contribution in [0.1, 0.15) is 42.4 Å². The fourth-order valence-electron chi connectivity index (χ4n) is 4.04. The summed E-state index contributed by atoms with van der Waals surface area (Å²) in [6, 6.07) is 4.36. The predicted molar refractivity (Wildman–Crippen MR) is 102 cm³/mol. The molecule has 152 valence electrons. The maximum atomic E-state index is 13.7. The number of imidazole rings is 1. The Morgan fingerprint density at radius 2 is 2.18 bits per heavy atom. The largest absolute Gasteiger partial charge is 0.380 e. The van der Waals surface area contributed by atoms with Crippen molar-refractivity contribution in [1.29, 1.82) is 0 Å². The van der Waals surface area contributed by atoms with Crippen molar-refractivity contribution in [2.75, 3.05) is 19.5 Å². The van der Waals surface area contributed by atoms with Gasteiger partial charge in [0.15, 0.2) is 14.9 Å². The second kappa shape index (κ2) is 7.09. The zero-order valence-electron chi connectivity index (χ0n) is 15.7. The van der Waals surface area contributed by atoms with Crippen molar-refractivity contribution < 1.29 is 22.3 Å². The SMILES string of the molecule is Cc1[nH]c(C(OC2CCC3(COC3)C2)c2ccc(F)c(Cl)c2)nc1S(C)(=O)=O. The van der Waals surface area contributed by atoms with Gasteiger partial charge >= 0.3 is 0 Å². The summed E-state index contributed by atoms with van der Waals surface area (Å²) in [6.07, 6.45) is 3.20. The van der Waals surface area contributed by atoms with Crippen molar-refractivity contribution in [2.45, 2.75) is 43.4 Å². The van der Waals surface area contributed by atoms with Crippen LogP contribution in [-0.2, 0) is 19.3 Å². The lowest BCUT2D eigenvalue weighted by atomic mass is 9.84. The van der Waals surface area contributed by atoms with Gasteiger partial charge in [-0.25, -0.2) is 17.8 Å². The molecule has 28 heavy (non-hydrogen) atoms. The van der Waals surface area contributed by atoms with Crippen LogP contribution in [0.25, 0.3) is 0 Å². The van der Waals surface area contributed by atoms with Crippen molar-refractivity contribution in [3.05, 3.63) is 46.1 Å². The van der Waals surface area contributed by atoms with Crippen LogP contribution < -0.4 is 0 Å². The van der Waals surface area contributed by atoms with Crippen LogP contribution in [0.15, 0.2) is 23.2 Å². The summed E-state index contributed by atoms with van der Waals surface area (Å²) in [5, 5.41) is -0.0346. The van der Waals surface area contributed by atoms with Crippen molar-refractivity contribution in [2.24, 2.45) is 5.41 Å². The van der Waals surface area contributed by atoms with Gasteiger partial charge in [0.05, 0.1) is 30.0 Å². The molecule has 1 aliphatic carbocycles. The number of ether oxygens (including phenoxy) is 2. The van der Waals surface area contributed by atoms with Gasteiger partial charge in [0.2, 0.25) is 0 Å². The quantitative estimate of drug-likeness (QED) is 0.787. The molecule has 9 heteroatoms. The fourth-order valence-corrected chi connectivity index (χ4v) is 5.10. The second-order valence-electron chi connectivity index (χ2n) is 7.87. The third-order valence-corrected chi connectivity index (χ3v) is 6.90. The van der Waals surface area contributed by atoms with Gasteiger partial charge in [0.1, 0.15) is 17.7 Å². The maximum Gasteiger partial charge on any atom is 0.194 e. The zero-order valence-corrected chi connectivity index (χ0v) is 17.2. The first kappa shape index (κ1) is 19.8. The molecule has 1 spiro atoms. The third kappa shape index (κ3) is 3.70. The van der Waals surface area contributed by atoms with Crippen LogP contribution in [0, 0.1) is 18.2 Å². The first-order valence-electron chi connectivity index (χ1n) is 9.12. The van der Waals surface area contributed by atoms with E-state index in [-0.39, 0.29) is 21.6 Å². The Bertz CT molecular complexity index is 1000. The van der Waals surface area contributed by atoms with Crippen LogP contribution in [0.5, 0.6) is 0 Å². The molecule has 2 unspecified atom stereocenters. The smallest absolute Gasteiger partial charge is 0.194 e. The van der Waals surface area contributed by atoms with Crippen LogP contribution in [0.3, 0.4) is 0 Å². The van der Waals surface area contributed by atoms with Crippen LogP contribution in [0.4, 0.5) is 4.39 Å². The molecule has 0 radical (unpaired) electrons. The molecule has 1 saturated heterocycles. The maximum absolute atomic E-state index is 13.7. The number of aromatic amines is 1. The fraction of sp³-hybridized carbons (Fsp3) is 0.526. The number of benzene rings is 1. The van der Waals surface area contributed by atoms with E-state index in [0.29, 0.717) is 17.1 Å². The third-order valence-electron chi connectivity index (χ3n) is 5.51. The normalized spacial score (nSPS) is 22.4. The van der Waals surface area contributed by atoms with Crippen LogP contribution >= 0.6 is 11.6 Å². The summed E-state index contributed by atoms with van der Waals surface area (Å²) in [7, 11) is -3.48. The van der Waals surface area contributed by atoms with Crippen molar-refractivity contribution in [1.82, 2.24) is 9.97 Å². The standard InChI is InChI=1S/C19H22ClFN2O4S/c1-11-18(28(2,24)25)23-17(22-11)16(12-3-4-15(21)14(20)7-12)27-13-5-6-19(8-13)9-26-10-19/h3-4,7,13,16H,5-6,8-10H2,1-2H3,(H,22,23). The molecular weight excluding hydrogens is 407 g/mol. The van der Waals surface area contributed by atoms with Gasteiger partial charge in [0.25, 0.3) is 0 Å². The average Bonchev–Trinajstić information content (AvgIpc) is 3.18. The molecular formula is C19H22ClFN2O4S. The van der Waals surface area contributed by atoms with Gasteiger partial charge in [-0.2, -0.15) is 0 Å². The number of hydrogen-bond acceptors (Lipinski definition) is 5. The van der Waals surface area contributed by atoms with Crippen LogP contribution in [0.2, 0.25) is 5.02 Å². The number of sulfone groups is 1. The topological polar surface area (TPSA) is 81.3 Å². The second-order valence-corrected chi connectivity index (χ2v) is 10.2. The van der Waals surface area contributed by atoms with E-state index < -0.39 is 21.8 Å². The molecule has 2 aliphatic rings. The lowest BCUT2D eigenvalue weighted by molar-refractivity contribution is -0.118. The molecule has 0 bridgehead atoms. The lowest BCUT2D eigenvalue weighted by Gasteiger charge is -2.38. The zero-order chi connectivity index (χ0) is 20.1. The molecule has 1 N–H and O–H groups in total. The summed E-state index contributed by atoms with van der Waals surface area (Å²) >= 11 is 5.97. The van der Waals surface area contributed by atoms with E-state index in [1.807, 2.05) is 0 Å². The van der Waals surface area contributed by atoms with Gasteiger partial charge in [0, 0.05) is 11.7 Å². The highest BCUT2D eigenvalue weighted by molar-refractivity contribution is 7.90.